The highest BCUT2D eigenvalue weighted by Gasteiger charge is 2.51. The fourth-order valence-corrected chi connectivity index (χ4v) is 6.61. The van der Waals surface area contributed by atoms with E-state index in [1.54, 1.807) is 0 Å². The molecule has 0 radical (unpaired) electrons. The normalized spacial score (nSPS) is 15.5. The molecule has 0 unspecified atom stereocenters. The number of fused-ring (bicyclic) bond motifs is 3. The molecule has 3 nitrogen and oxygen atoms in total. The van der Waals surface area contributed by atoms with Crippen LogP contribution in [0.3, 0.4) is 0 Å². The molecular formula is C42H36BNO2. The third kappa shape index (κ3) is 4.86. The number of nitrogens with zero attached hydrogens (tertiary/aromatic N) is 1. The van der Waals surface area contributed by atoms with Crippen LogP contribution in [0, 0.1) is 0 Å². The Labute approximate surface area is 271 Å². The molecule has 1 fully saturated rings. The fourth-order valence-electron chi connectivity index (χ4n) is 6.61. The lowest BCUT2D eigenvalue weighted by Gasteiger charge is -2.32. The molecule has 0 saturated carbocycles. The topological polar surface area (TPSA) is 23.4 Å². The van der Waals surface area contributed by atoms with Crippen LogP contribution in [0.25, 0.3) is 60.9 Å². The van der Waals surface area contributed by atoms with E-state index in [0.29, 0.717) is 0 Å². The van der Waals surface area contributed by atoms with Crippen LogP contribution in [0.4, 0.5) is 0 Å². The summed E-state index contributed by atoms with van der Waals surface area (Å²) in [6.07, 6.45) is 0. The summed E-state index contributed by atoms with van der Waals surface area (Å²) in [6.45, 7) is 8.40. The number of aromatic nitrogens is 1. The zero-order valence-electron chi connectivity index (χ0n) is 26.7. The Morgan fingerprint density at radius 3 is 1.59 bits per heavy atom. The number of para-hydroxylation sites is 1. The van der Waals surface area contributed by atoms with Gasteiger partial charge in [-0.1, -0.05) is 103 Å². The first-order valence-electron chi connectivity index (χ1n) is 16.0. The minimum atomic E-state index is -0.407. The fraction of sp³-hybridized carbons (Fsp3) is 0.143. The van der Waals surface area contributed by atoms with Gasteiger partial charge in [0, 0.05) is 16.5 Å². The van der Waals surface area contributed by atoms with E-state index in [2.05, 4.69) is 178 Å². The van der Waals surface area contributed by atoms with Crippen molar-refractivity contribution in [2.24, 2.45) is 0 Å². The van der Waals surface area contributed by atoms with Crippen molar-refractivity contribution in [3.05, 3.63) is 146 Å². The van der Waals surface area contributed by atoms with Crippen LogP contribution in [-0.4, -0.2) is 22.9 Å². The lowest BCUT2D eigenvalue weighted by molar-refractivity contribution is 0.00578. The van der Waals surface area contributed by atoms with E-state index in [0.717, 1.165) is 16.7 Å². The molecule has 1 aliphatic heterocycles. The first-order chi connectivity index (χ1) is 22.3. The summed E-state index contributed by atoms with van der Waals surface area (Å²) >= 11 is 0. The predicted octanol–water partition coefficient (Wildman–Crippen LogP) is 10.1. The second kappa shape index (κ2) is 10.9. The summed E-state index contributed by atoms with van der Waals surface area (Å²) in [4.78, 5) is 0. The molecule has 4 heteroatoms. The average Bonchev–Trinajstić information content (AvgIpc) is 3.53. The Morgan fingerprint density at radius 1 is 0.435 bits per heavy atom. The third-order valence-corrected chi connectivity index (χ3v) is 9.81. The summed E-state index contributed by atoms with van der Waals surface area (Å²) in [5.41, 5.74) is 10.9. The summed E-state index contributed by atoms with van der Waals surface area (Å²) in [5, 5.41) is 2.39. The molecule has 46 heavy (non-hydrogen) atoms. The van der Waals surface area contributed by atoms with Gasteiger partial charge in [0.05, 0.1) is 22.2 Å². The monoisotopic (exact) mass is 597 g/mol. The maximum absolute atomic E-state index is 6.42. The van der Waals surface area contributed by atoms with Crippen molar-refractivity contribution in [2.45, 2.75) is 38.9 Å². The van der Waals surface area contributed by atoms with Crippen LogP contribution < -0.4 is 5.46 Å². The van der Waals surface area contributed by atoms with Crippen LogP contribution in [-0.2, 0) is 9.31 Å². The first-order valence-corrected chi connectivity index (χ1v) is 16.0. The molecule has 7 aromatic rings. The summed E-state index contributed by atoms with van der Waals surface area (Å²) in [6, 6.07) is 52.3. The molecule has 0 N–H and O–H groups in total. The zero-order valence-corrected chi connectivity index (χ0v) is 26.7. The molecule has 0 atom stereocenters. The number of benzene rings is 6. The van der Waals surface area contributed by atoms with Crippen molar-refractivity contribution >= 4 is 34.4 Å². The molecule has 1 aliphatic rings. The van der Waals surface area contributed by atoms with Gasteiger partial charge in [0.25, 0.3) is 0 Å². The summed E-state index contributed by atoms with van der Waals surface area (Å²) < 4.78 is 15.2. The van der Waals surface area contributed by atoms with Crippen LogP contribution >= 0.6 is 0 Å². The molecule has 224 valence electrons. The molecule has 0 amide bonds. The van der Waals surface area contributed by atoms with E-state index in [1.807, 2.05) is 0 Å². The van der Waals surface area contributed by atoms with Gasteiger partial charge in [-0.05, 0) is 109 Å². The van der Waals surface area contributed by atoms with Gasteiger partial charge in [0.1, 0.15) is 0 Å². The molecule has 1 aromatic heterocycles. The van der Waals surface area contributed by atoms with Gasteiger partial charge in [-0.2, -0.15) is 0 Å². The standard InChI is InChI=1S/C42H36BNO2/c1-41(2)42(3,4)46-43(45-41)35-22-23-40-38(28-35)37-20-11-12-21-39(37)44(40)36-19-13-18-31(27-36)34-25-32(29-14-7-5-8-15-29)24-33(26-34)30-16-9-6-10-17-30/h5-28H,1-4H3. The highest BCUT2D eigenvalue weighted by Crippen LogP contribution is 2.39. The lowest BCUT2D eigenvalue weighted by Crippen LogP contribution is -2.41. The van der Waals surface area contributed by atoms with E-state index >= 15 is 0 Å². The number of hydrogen-bond donors (Lipinski definition) is 0. The van der Waals surface area contributed by atoms with Gasteiger partial charge in [-0.15, -0.1) is 0 Å². The minimum absolute atomic E-state index is 0.390. The Morgan fingerprint density at radius 2 is 0.957 bits per heavy atom. The third-order valence-electron chi connectivity index (χ3n) is 9.81. The van der Waals surface area contributed by atoms with Gasteiger partial charge in [-0.25, -0.2) is 0 Å². The molecule has 0 spiro atoms. The highest BCUT2D eigenvalue weighted by molar-refractivity contribution is 6.62. The molecule has 6 aromatic carbocycles. The van der Waals surface area contributed by atoms with E-state index in [9.17, 15) is 0 Å². The van der Waals surface area contributed by atoms with E-state index < -0.39 is 7.12 Å². The van der Waals surface area contributed by atoms with Crippen molar-refractivity contribution in [3.63, 3.8) is 0 Å². The van der Waals surface area contributed by atoms with Crippen molar-refractivity contribution < 1.29 is 9.31 Å². The molecule has 0 bridgehead atoms. The molecular weight excluding hydrogens is 561 g/mol. The number of rotatable bonds is 5. The molecule has 0 aliphatic carbocycles. The Balaban J connectivity index is 1.26. The molecule has 1 saturated heterocycles. The van der Waals surface area contributed by atoms with Gasteiger partial charge < -0.3 is 13.9 Å². The first kappa shape index (κ1) is 28.6. The van der Waals surface area contributed by atoms with Gasteiger partial charge in [-0.3, -0.25) is 0 Å². The van der Waals surface area contributed by atoms with Crippen molar-refractivity contribution in [2.75, 3.05) is 0 Å². The lowest BCUT2D eigenvalue weighted by atomic mass is 9.78. The van der Waals surface area contributed by atoms with Crippen molar-refractivity contribution in [3.8, 4) is 39.1 Å². The Bertz CT molecular complexity index is 2140. The second-order valence-electron chi connectivity index (χ2n) is 13.3. The van der Waals surface area contributed by atoms with Gasteiger partial charge in [0.15, 0.2) is 0 Å². The van der Waals surface area contributed by atoms with Crippen molar-refractivity contribution in [1.82, 2.24) is 4.57 Å². The SMILES string of the molecule is CC1(C)OB(c2ccc3c(c2)c2ccccc2n3-c2cccc(-c3cc(-c4ccccc4)cc(-c4ccccc4)c3)c2)OC1(C)C. The Kier molecular flexibility index (Phi) is 6.75. The average molecular weight is 598 g/mol. The van der Waals surface area contributed by atoms with Crippen LogP contribution in [0.1, 0.15) is 27.7 Å². The van der Waals surface area contributed by atoms with E-state index in [1.165, 1.54) is 49.7 Å². The minimum Gasteiger partial charge on any atom is -0.399 e. The maximum atomic E-state index is 6.42. The van der Waals surface area contributed by atoms with Crippen LogP contribution in [0.2, 0.25) is 0 Å². The summed E-state index contributed by atoms with van der Waals surface area (Å²) in [5.74, 6) is 0. The maximum Gasteiger partial charge on any atom is 0.494 e. The molecule has 8 rings (SSSR count). The zero-order chi connectivity index (χ0) is 31.5. The largest absolute Gasteiger partial charge is 0.494 e. The Hall–Kier alpha value is -4.90. The number of hydrogen-bond acceptors (Lipinski definition) is 2. The molecule has 2 heterocycles. The quantitative estimate of drug-likeness (QED) is 0.184. The highest BCUT2D eigenvalue weighted by atomic mass is 16.7. The van der Waals surface area contributed by atoms with Crippen LogP contribution in [0.15, 0.2) is 146 Å². The van der Waals surface area contributed by atoms with Crippen LogP contribution in [0.5, 0.6) is 0 Å². The smallest absolute Gasteiger partial charge is 0.399 e. The van der Waals surface area contributed by atoms with Gasteiger partial charge in [0.2, 0.25) is 0 Å². The van der Waals surface area contributed by atoms with Gasteiger partial charge >= 0.3 is 7.12 Å². The summed E-state index contributed by atoms with van der Waals surface area (Å²) in [7, 11) is -0.407. The van der Waals surface area contributed by atoms with Crippen molar-refractivity contribution in [1.29, 1.82) is 0 Å². The predicted molar refractivity (Wildman–Crippen MR) is 193 cm³/mol. The van der Waals surface area contributed by atoms with E-state index in [-0.39, 0.29) is 11.2 Å². The van der Waals surface area contributed by atoms with E-state index in [4.69, 9.17) is 9.31 Å². The second-order valence-corrected chi connectivity index (χ2v) is 13.3.